The molecule has 0 aromatic heterocycles. The molecular weight excluding hydrogens is 342 g/mol. The average Bonchev–Trinajstić information content (AvgIpc) is 2.85. The predicted octanol–water partition coefficient (Wildman–Crippen LogP) is 3.33. The van der Waals surface area contributed by atoms with Crippen molar-refractivity contribution in [1.29, 1.82) is 0 Å². The molecule has 0 aliphatic heterocycles. The van der Waals surface area contributed by atoms with Gasteiger partial charge in [-0.25, -0.2) is 8.78 Å². The van der Waals surface area contributed by atoms with E-state index in [2.05, 4.69) is 26.1 Å². The van der Waals surface area contributed by atoms with Gasteiger partial charge in [0.2, 0.25) is 0 Å². The number of halogens is 3. The minimum absolute atomic E-state index is 0.113. The maximum Gasteiger partial charge on any atom is 0.257 e. The van der Waals surface area contributed by atoms with Crippen LogP contribution in [0.25, 0.3) is 0 Å². The van der Waals surface area contributed by atoms with Gasteiger partial charge in [0.05, 0.1) is 0 Å². The van der Waals surface area contributed by atoms with Gasteiger partial charge in [0.25, 0.3) is 5.91 Å². The van der Waals surface area contributed by atoms with Gasteiger partial charge >= 0.3 is 0 Å². The summed E-state index contributed by atoms with van der Waals surface area (Å²) in [5, 5.41) is 2.69. The molecule has 1 fully saturated rings. The Balaban J connectivity index is 2.12. The number of carbonyl (C=O) groups is 1. The quantitative estimate of drug-likeness (QED) is 0.892. The van der Waals surface area contributed by atoms with Crippen molar-refractivity contribution >= 4 is 21.8 Å². The van der Waals surface area contributed by atoms with Crippen molar-refractivity contribution in [2.45, 2.75) is 31.2 Å². The lowest BCUT2D eigenvalue weighted by molar-refractivity contribution is 0.0891. The molecule has 116 valence electrons. The number of carbonyl (C=O) groups excluding carboxylic acids is 1. The first-order valence-electron chi connectivity index (χ1n) is 6.96. The van der Waals surface area contributed by atoms with E-state index < -0.39 is 23.1 Å². The topological polar surface area (TPSA) is 32.3 Å². The maximum atomic E-state index is 13.8. The summed E-state index contributed by atoms with van der Waals surface area (Å²) in [5.41, 5.74) is -0.636. The minimum atomic E-state index is -0.857. The monoisotopic (exact) mass is 360 g/mol. The molecule has 21 heavy (non-hydrogen) atoms. The first kappa shape index (κ1) is 16.4. The smallest absolute Gasteiger partial charge is 0.257 e. The van der Waals surface area contributed by atoms with Gasteiger partial charge < -0.3 is 10.2 Å². The molecule has 2 rings (SSSR count). The van der Waals surface area contributed by atoms with E-state index in [4.69, 9.17) is 0 Å². The Morgan fingerprint density at radius 3 is 2.29 bits per heavy atom. The zero-order valence-corrected chi connectivity index (χ0v) is 13.8. The number of benzene rings is 1. The summed E-state index contributed by atoms with van der Waals surface area (Å²) in [6, 6.07) is 2.19. The molecule has 0 saturated heterocycles. The summed E-state index contributed by atoms with van der Waals surface area (Å²) in [4.78, 5) is 14.2. The number of rotatable bonds is 4. The van der Waals surface area contributed by atoms with E-state index in [1.54, 1.807) is 0 Å². The van der Waals surface area contributed by atoms with Crippen molar-refractivity contribution in [3.63, 3.8) is 0 Å². The fraction of sp³-hybridized carbons (Fsp3) is 0.533. The number of nitrogens with zero attached hydrogens (tertiary/aromatic N) is 1. The van der Waals surface area contributed by atoms with E-state index in [1.165, 1.54) is 0 Å². The summed E-state index contributed by atoms with van der Waals surface area (Å²) < 4.78 is 27.8. The van der Waals surface area contributed by atoms with Crippen molar-refractivity contribution in [2.75, 3.05) is 20.6 Å². The first-order chi connectivity index (χ1) is 9.85. The molecule has 1 aliphatic rings. The largest absolute Gasteiger partial charge is 0.350 e. The number of hydrogen-bond donors (Lipinski definition) is 1. The van der Waals surface area contributed by atoms with E-state index >= 15 is 0 Å². The molecule has 1 N–H and O–H groups in total. The fourth-order valence-corrected chi connectivity index (χ4v) is 3.31. The van der Waals surface area contributed by atoms with Crippen molar-refractivity contribution in [1.82, 2.24) is 10.2 Å². The highest BCUT2D eigenvalue weighted by molar-refractivity contribution is 9.10. The molecule has 1 amide bonds. The van der Waals surface area contributed by atoms with Crippen LogP contribution >= 0.6 is 15.9 Å². The van der Waals surface area contributed by atoms with Crippen molar-refractivity contribution in [3.05, 3.63) is 33.8 Å². The molecule has 3 nitrogen and oxygen atoms in total. The number of likely N-dealkylation sites (N-methyl/N-ethyl adjacent to an activating group) is 1. The van der Waals surface area contributed by atoms with Crippen LogP contribution in [-0.4, -0.2) is 37.0 Å². The summed E-state index contributed by atoms with van der Waals surface area (Å²) in [6.07, 6.45) is 4.17. The minimum Gasteiger partial charge on any atom is -0.350 e. The van der Waals surface area contributed by atoms with Crippen LogP contribution in [0.15, 0.2) is 16.6 Å². The molecule has 0 bridgehead atoms. The SMILES string of the molecule is CN(C)C1(CNC(=O)c2c(F)cc(Br)cc2F)CCCC1. The highest BCUT2D eigenvalue weighted by atomic mass is 79.9. The number of nitrogens with one attached hydrogen (secondary N) is 1. The summed E-state index contributed by atoms with van der Waals surface area (Å²) in [6.45, 7) is 0.397. The molecule has 0 spiro atoms. The van der Waals surface area contributed by atoms with E-state index in [1.807, 2.05) is 14.1 Å². The molecule has 0 atom stereocenters. The van der Waals surface area contributed by atoms with Gasteiger partial charge in [-0.1, -0.05) is 28.8 Å². The number of amides is 1. The lowest BCUT2D eigenvalue weighted by Gasteiger charge is -2.36. The Morgan fingerprint density at radius 2 is 1.81 bits per heavy atom. The lowest BCUT2D eigenvalue weighted by Crippen LogP contribution is -2.51. The molecule has 0 radical (unpaired) electrons. The highest BCUT2D eigenvalue weighted by Crippen LogP contribution is 2.33. The van der Waals surface area contributed by atoms with Crippen molar-refractivity contribution in [3.8, 4) is 0 Å². The van der Waals surface area contributed by atoms with Crippen LogP contribution in [0.2, 0.25) is 0 Å². The van der Waals surface area contributed by atoms with Crippen LogP contribution in [0.5, 0.6) is 0 Å². The zero-order chi connectivity index (χ0) is 15.6. The first-order valence-corrected chi connectivity index (χ1v) is 7.75. The van der Waals surface area contributed by atoms with E-state index in [-0.39, 0.29) is 10.0 Å². The van der Waals surface area contributed by atoms with Crippen LogP contribution in [0.3, 0.4) is 0 Å². The van der Waals surface area contributed by atoms with Crippen LogP contribution in [-0.2, 0) is 0 Å². The third kappa shape index (κ3) is 3.43. The molecule has 1 aromatic carbocycles. The Morgan fingerprint density at radius 1 is 1.29 bits per heavy atom. The van der Waals surface area contributed by atoms with E-state index in [9.17, 15) is 13.6 Å². The van der Waals surface area contributed by atoms with Crippen LogP contribution in [0.4, 0.5) is 8.78 Å². The molecule has 1 saturated carbocycles. The zero-order valence-electron chi connectivity index (χ0n) is 12.2. The number of hydrogen-bond acceptors (Lipinski definition) is 2. The second-order valence-electron chi connectivity index (χ2n) is 5.75. The fourth-order valence-electron chi connectivity index (χ4n) is 2.91. The summed E-state index contributed by atoms with van der Waals surface area (Å²) in [5.74, 6) is -2.42. The second-order valence-corrected chi connectivity index (χ2v) is 6.67. The van der Waals surface area contributed by atoms with Gasteiger partial charge in [0.15, 0.2) is 0 Å². The van der Waals surface area contributed by atoms with Gasteiger partial charge in [-0.15, -0.1) is 0 Å². The van der Waals surface area contributed by atoms with Crippen molar-refractivity contribution < 1.29 is 13.6 Å². The summed E-state index contributed by atoms with van der Waals surface area (Å²) in [7, 11) is 3.94. The van der Waals surface area contributed by atoms with Gasteiger partial charge in [-0.3, -0.25) is 4.79 Å². The van der Waals surface area contributed by atoms with E-state index in [0.717, 1.165) is 37.8 Å². The normalized spacial score (nSPS) is 17.2. The summed E-state index contributed by atoms with van der Waals surface area (Å²) >= 11 is 3.00. The maximum absolute atomic E-state index is 13.8. The molecule has 0 unspecified atom stereocenters. The molecule has 0 heterocycles. The van der Waals surface area contributed by atoms with Gasteiger partial charge in [0.1, 0.15) is 17.2 Å². The molecule has 6 heteroatoms. The van der Waals surface area contributed by atoms with Crippen LogP contribution < -0.4 is 5.32 Å². The van der Waals surface area contributed by atoms with Crippen LogP contribution in [0, 0.1) is 11.6 Å². The molecule has 1 aromatic rings. The Labute approximate surface area is 131 Å². The highest BCUT2D eigenvalue weighted by Gasteiger charge is 2.36. The Bertz CT molecular complexity index is 519. The second kappa shape index (κ2) is 6.40. The van der Waals surface area contributed by atoms with Crippen LogP contribution in [0.1, 0.15) is 36.0 Å². The van der Waals surface area contributed by atoms with Gasteiger partial charge in [0, 0.05) is 16.6 Å². The Hall–Kier alpha value is -1.01. The standard InChI is InChI=1S/C15H19BrF2N2O/c1-20(2)15(5-3-4-6-15)9-19-14(21)13-11(17)7-10(16)8-12(13)18/h7-8H,3-6,9H2,1-2H3,(H,19,21). The molecular formula is C15H19BrF2N2O. The third-order valence-electron chi connectivity index (χ3n) is 4.29. The lowest BCUT2D eigenvalue weighted by atomic mass is 9.96. The molecule has 1 aliphatic carbocycles. The predicted molar refractivity (Wildman–Crippen MR) is 81.3 cm³/mol. The van der Waals surface area contributed by atoms with Gasteiger partial charge in [-0.2, -0.15) is 0 Å². The Kier molecular flexibility index (Phi) is 4.99. The third-order valence-corrected chi connectivity index (χ3v) is 4.75. The van der Waals surface area contributed by atoms with Crippen molar-refractivity contribution in [2.24, 2.45) is 0 Å². The van der Waals surface area contributed by atoms with Gasteiger partial charge in [-0.05, 0) is 39.1 Å². The van der Waals surface area contributed by atoms with E-state index in [0.29, 0.717) is 6.54 Å². The average molecular weight is 361 g/mol.